The van der Waals surface area contributed by atoms with Gasteiger partial charge in [0.2, 0.25) is 5.91 Å². The lowest BCUT2D eigenvalue weighted by Crippen LogP contribution is -2.34. The van der Waals surface area contributed by atoms with Crippen molar-refractivity contribution >= 4 is 28.2 Å². The number of rotatable bonds is 5. The van der Waals surface area contributed by atoms with E-state index in [1.807, 2.05) is 18.7 Å². The number of sulfone groups is 1. The molecule has 0 saturated carbocycles. The van der Waals surface area contributed by atoms with Gasteiger partial charge in [0.1, 0.15) is 0 Å². The SMILES string of the molecule is CC(C)CS(=O)(=O)CCC(=O)N1CC[C@@H]2CNC[C@@H]2CC1.Cl. The van der Waals surface area contributed by atoms with Crippen LogP contribution in [0.4, 0.5) is 0 Å². The summed E-state index contributed by atoms with van der Waals surface area (Å²) < 4.78 is 23.8. The molecule has 2 fully saturated rings. The quantitative estimate of drug-likeness (QED) is 0.810. The Morgan fingerprint density at radius 2 is 1.73 bits per heavy atom. The van der Waals surface area contributed by atoms with Crippen molar-refractivity contribution in [2.75, 3.05) is 37.7 Å². The van der Waals surface area contributed by atoms with Gasteiger partial charge in [0, 0.05) is 19.5 Å². The molecule has 0 aromatic carbocycles. The molecule has 0 aliphatic carbocycles. The van der Waals surface area contributed by atoms with E-state index in [1.54, 1.807) is 0 Å². The molecule has 0 bridgehead atoms. The number of fused-ring (bicyclic) bond motifs is 1. The Hall–Kier alpha value is -0.330. The number of nitrogens with one attached hydrogen (secondary N) is 1. The van der Waals surface area contributed by atoms with Gasteiger partial charge in [0.05, 0.1) is 11.5 Å². The van der Waals surface area contributed by atoms with Gasteiger partial charge in [-0.1, -0.05) is 13.8 Å². The third kappa shape index (κ3) is 5.70. The fourth-order valence-corrected chi connectivity index (χ4v) is 5.13. The van der Waals surface area contributed by atoms with E-state index in [1.165, 1.54) is 0 Å². The topological polar surface area (TPSA) is 66.5 Å². The minimum absolute atomic E-state index is 0. The molecule has 5 nitrogen and oxygen atoms in total. The Kier molecular flexibility index (Phi) is 7.62. The van der Waals surface area contributed by atoms with Crippen molar-refractivity contribution in [3.05, 3.63) is 0 Å². The van der Waals surface area contributed by atoms with E-state index in [9.17, 15) is 13.2 Å². The van der Waals surface area contributed by atoms with Gasteiger partial charge in [-0.15, -0.1) is 12.4 Å². The molecule has 1 amide bonds. The Labute approximate surface area is 140 Å². The van der Waals surface area contributed by atoms with Crippen LogP contribution in [-0.2, 0) is 14.6 Å². The molecule has 2 heterocycles. The number of hydrogen-bond donors (Lipinski definition) is 1. The highest BCUT2D eigenvalue weighted by Gasteiger charge is 2.31. The average Bonchev–Trinajstić information content (AvgIpc) is 2.74. The zero-order valence-corrected chi connectivity index (χ0v) is 15.2. The van der Waals surface area contributed by atoms with E-state index >= 15 is 0 Å². The molecule has 2 aliphatic heterocycles. The molecular weight excluding hydrogens is 324 g/mol. The van der Waals surface area contributed by atoms with E-state index in [2.05, 4.69) is 5.32 Å². The van der Waals surface area contributed by atoms with Crippen LogP contribution in [0.15, 0.2) is 0 Å². The molecule has 0 radical (unpaired) electrons. The predicted octanol–water partition coefficient (Wildman–Crippen LogP) is 1.33. The van der Waals surface area contributed by atoms with Crippen molar-refractivity contribution < 1.29 is 13.2 Å². The van der Waals surface area contributed by atoms with Crippen molar-refractivity contribution in [2.45, 2.75) is 33.1 Å². The molecule has 7 heteroatoms. The zero-order chi connectivity index (χ0) is 15.5. The second-order valence-corrected chi connectivity index (χ2v) is 9.12. The summed E-state index contributed by atoms with van der Waals surface area (Å²) in [4.78, 5) is 14.1. The van der Waals surface area contributed by atoms with Gasteiger partial charge in [-0.25, -0.2) is 8.42 Å². The fourth-order valence-electron chi connectivity index (χ4n) is 3.46. The highest BCUT2D eigenvalue weighted by Crippen LogP contribution is 2.27. The van der Waals surface area contributed by atoms with Crippen LogP contribution >= 0.6 is 12.4 Å². The number of halogens is 1. The molecule has 2 aliphatic rings. The normalized spacial score (nSPS) is 25.5. The van der Waals surface area contributed by atoms with Gasteiger partial charge in [0.25, 0.3) is 0 Å². The molecule has 0 unspecified atom stereocenters. The number of amides is 1. The first kappa shape index (κ1) is 19.7. The average molecular weight is 353 g/mol. The molecule has 2 rings (SSSR count). The van der Waals surface area contributed by atoms with Gasteiger partial charge < -0.3 is 10.2 Å². The summed E-state index contributed by atoms with van der Waals surface area (Å²) in [6, 6.07) is 0. The molecule has 130 valence electrons. The van der Waals surface area contributed by atoms with Crippen molar-refractivity contribution in [2.24, 2.45) is 17.8 Å². The molecular formula is C15H29ClN2O3S. The minimum atomic E-state index is -3.10. The lowest BCUT2D eigenvalue weighted by atomic mass is 9.92. The summed E-state index contributed by atoms with van der Waals surface area (Å²) in [6.07, 6.45) is 2.23. The first-order valence-corrected chi connectivity index (χ1v) is 9.88. The van der Waals surface area contributed by atoms with E-state index in [-0.39, 0.29) is 42.2 Å². The monoisotopic (exact) mass is 352 g/mol. The van der Waals surface area contributed by atoms with Crippen LogP contribution in [0.2, 0.25) is 0 Å². The largest absolute Gasteiger partial charge is 0.343 e. The highest BCUT2D eigenvalue weighted by atomic mass is 35.5. The highest BCUT2D eigenvalue weighted by molar-refractivity contribution is 7.91. The zero-order valence-electron chi connectivity index (χ0n) is 13.6. The van der Waals surface area contributed by atoms with Crippen molar-refractivity contribution in [1.82, 2.24) is 10.2 Å². The van der Waals surface area contributed by atoms with Crippen LogP contribution in [-0.4, -0.2) is 56.9 Å². The van der Waals surface area contributed by atoms with Crippen molar-refractivity contribution in [3.8, 4) is 0 Å². The molecule has 0 aromatic heterocycles. The van der Waals surface area contributed by atoms with Gasteiger partial charge >= 0.3 is 0 Å². The molecule has 22 heavy (non-hydrogen) atoms. The van der Waals surface area contributed by atoms with E-state index in [0.717, 1.165) is 39.0 Å². The molecule has 2 atom stereocenters. The Bertz CT molecular complexity index is 453. The third-order valence-electron chi connectivity index (χ3n) is 4.59. The number of nitrogens with zero attached hydrogens (tertiary/aromatic N) is 1. The lowest BCUT2D eigenvalue weighted by Gasteiger charge is -2.21. The van der Waals surface area contributed by atoms with E-state index < -0.39 is 9.84 Å². The first-order valence-electron chi connectivity index (χ1n) is 8.06. The number of carbonyl (C=O) groups excluding carboxylic acids is 1. The minimum Gasteiger partial charge on any atom is -0.343 e. The van der Waals surface area contributed by atoms with E-state index in [4.69, 9.17) is 0 Å². The summed E-state index contributed by atoms with van der Waals surface area (Å²) in [5, 5.41) is 3.42. The second-order valence-electron chi connectivity index (χ2n) is 6.89. The fraction of sp³-hybridized carbons (Fsp3) is 0.933. The van der Waals surface area contributed by atoms with Gasteiger partial charge in [-0.2, -0.15) is 0 Å². The summed E-state index contributed by atoms with van der Waals surface area (Å²) in [7, 11) is -3.10. The van der Waals surface area contributed by atoms with Gasteiger partial charge in [-0.05, 0) is 43.7 Å². The molecule has 2 saturated heterocycles. The lowest BCUT2D eigenvalue weighted by molar-refractivity contribution is -0.130. The van der Waals surface area contributed by atoms with Crippen molar-refractivity contribution in [1.29, 1.82) is 0 Å². The smallest absolute Gasteiger partial charge is 0.223 e. The maximum atomic E-state index is 12.2. The second kappa shape index (κ2) is 8.50. The molecule has 0 aromatic rings. The summed E-state index contributed by atoms with van der Waals surface area (Å²) in [5.74, 6) is 1.68. The first-order chi connectivity index (χ1) is 9.87. The van der Waals surface area contributed by atoms with E-state index in [0.29, 0.717) is 11.8 Å². The molecule has 1 N–H and O–H groups in total. The maximum absolute atomic E-state index is 12.2. The Balaban J connectivity index is 0.00000242. The van der Waals surface area contributed by atoms with Crippen LogP contribution in [0.5, 0.6) is 0 Å². The number of likely N-dealkylation sites (tertiary alicyclic amines) is 1. The summed E-state index contributed by atoms with van der Waals surface area (Å²) >= 11 is 0. The molecule has 0 spiro atoms. The van der Waals surface area contributed by atoms with Gasteiger partial charge in [0.15, 0.2) is 9.84 Å². The van der Waals surface area contributed by atoms with Crippen LogP contribution in [0.1, 0.15) is 33.1 Å². The summed E-state index contributed by atoms with van der Waals surface area (Å²) in [5.41, 5.74) is 0. The van der Waals surface area contributed by atoms with Crippen LogP contribution in [0, 0.1) is 17.8 Å². The number of hydrogen-bond acceptors (Lipinski definition) is 4. The Morgan fingerprint density at radius 3 is 2.23 bits per heavy atom. The number of carbonyl (C=O) groups is 1. The van der Waals surface area contributed by atoms with Crippen molar-refractivity contribution in [3.63, 3.8) is 0 Å². The Morgan fingerprint density at radius 1 is 1.18 bits per heavy atom. The van der Waals surface area contributed by atoms with Gasteiger partial charge in [-0.3, -0.25) is 4.79 Å². The standard InChI is InChI=1S/C15H28N2O3S.ClH/c1-12(2)11-21(19,20)8-5-15(18)17-6-3-13-9-16-10-14(13)4-7-17;/h12-14,16H,3-11H2,1-2H3;1H/t13-,14+;. The van der Waals surface area contributed by atoms with Crippen LogP contribution in [0.3, 0.4) is 0 Å². The predicted molar refractivity (Wildman–Crippen MR) is 91.0 cm³/mol. The van der Waals surface area contributed by atoms with Crippen LogP contribution < -0.4 is 5.32 Å². The maximum Gasteiger partial charge on any atom is 0.223 e. The van der Waals surface area contributed by atoms with Crippen LogP contribution in [0.25, 0.3) is 0 Å². The summed E-state index contributed by atoms with van der Waals surface area (Å²) in [6.45, 7) is 7.48. The third-order valence-corrected chi connectivity index (χ3v) is 6.59.